The molecule has 16 heavy (non-hydrogen) atoms. The first-order valence-corrected chi connectivity index (χ1v) is 6.20. The van der Waals surface area contributed by atoms with Gasteiger partial charge in [-0.05, 0) is 40.5 Å². The van der Waals surface area contributed by atoms with Crippen LogP contribution in [0.25, 0.3) is 0 Å². The Balaban J connectivity index is 2.28. The van der Waals surface area contributed by atoms with Crippen LogP contribution in [0.3, 0.4) is 0 Å². The van der Waals surface area contributed by atoms with Gasteiger partial charge < -0.3 is 15.0 Å². The maximum Gasteiger partial charge on any atom is 0.317 e. The van der Waals surface area contributed by atoms with E-state index in [2.05, 4.69) is 19.2 Å². The van der Waals surface area contributed by atoms with Crippen LogP contribution in [0, 0.1) is 0 Å². The van der Waals surface area contributed by atoms with E-state index in [-0.39, 0.29) is 18.2 Å². The third-order valence-corrected chi connectivity index (χ3v) is 2.61. The first kappa shape index (κ1) is 13.3. The van der Waals surface area contributed by atoms with Crippen molar-refractivity contribution < 1.29 is 9.53 Å². The SMILES string of the molecule is CC(C)NC(=O)N1CCC(OC(C)C)CC1. The minimum atomic E-state index is 0.0537. The highest BCUT2D eigenvalue weighted by Crippen LogP contribution is 2.15. The summed E-state index contributed by atoms with van der Waals surface area (Å²) >= 11 is 0. The van der Waals surface area contributed by atoms with Crippen LogP contribution in [0.2, 0.25) is 0 Å². The Morgan fingerprint density at radius 1 is 1.25 bits per heavy atom. The molecule has 94 valence electrons. The maximum atomic E-state index is 11.7. The standard InChI is InChI=1S/C12H24N2O2/c1-9(2)13-12(15)14-7-5-11(6-8-14)16-10(3)4/h9-11H,5-8H2,1-4H3,(H,13,15). The van der Waals surface area contributed by atoms with E-state index in [0.717, 1.165) is 25.9 Å². The second-order valence-corrected chi connectivity index (χ2v) is 4.98. The van der Waals surface area contributed by atoms with Gasteiger partial charge in [-0.25, -0.2) is 4.79 Å². The molecular weight excluding hydrogens is 204 g/mol. The number of piperidine rings is 1. The number of hydrogen-bond donors (Lipinski definition) is 1. The normalized spacial score (nSPS) is 18.2. The molecule has 0 unspecified atom stereocenters. The molecule has 0 aromatic rings. The van der Waals surface area contributed by atoms with Gasteiger partial charge in [0.15, 0.2) is 0 Å². The molecule has 0 aliphatic carbocycles. The molecule has 0 spiro atoms. The van der Waals surface area contributed by atoms with Crippen LogP contribution < -0.4 is 5.32 Å². The number of carbonyl (C=O) groups is 1. The molecule has 0 bridgehead atoms. The largest absolute Gasteiger partial charge is 0.375 e. The number of nitrogens with zero attached hydrogens (tertiary/aromatic N) is 1. The van der Waals surface area contributed by atoms with E-state index in [1.165, 1.54) is 0 Å². The predicted molar refractivity (Wildman–Crippen MR) is 64.5 cm³/mol. The Bertz CT molecular complexity index is 221. The molecule has 1 rings (SSSR count). The first-order valence-electron chi connectivity index (χ1n) is 6.20. The molecular formula is C12H24N2O2. The molecule has 4 nitrogen and oxygen atoms in total. The third-order valence-electron chi connectivity index (χ3n) is 2.61. The average molecular weight is 228 g/mol. The van der Waals surface area contributed by atoms with Crippen LogP contribution in [0.15, 0.2) is 0 Å². The lowest BCUT2D eigenvalue weighted by molar-refractivity contribution is -0.0211. The van der Waals surface area contributed by atoms with Crippen LogP contribution in [0.1, 0.15) is 40.5 Å². The summed E-state index contributed by atoms with van der Waals surface area (Å²) in [7, 11) is 0. The summed E-state index contributed by atoms with van der Waals surface area (Å²) in [6.45, 7) is 9.67. The number of likely N-dealkylation sites (tertiary alicyclic amines) is 1. The lowest BCUT2D eigenvalue weighted by Crippen LogP contribution is -2.47. The maximum absolute atomic E-state index is 11.7. The summed E-state index contributed by atoms with van der Waals surface area (Å²) in [6.07, 6.45) is 2.50. The van der Waals surface area contributed by atoms with Crippen molar-refractivity contribution in [3.63, 3.8) is 0 Å². The number of hydrogen-bond acceptors (Lipinski definition) is 2. The second-order valence-electron chi connectivity index (χ2n) is 4.98. The lowest BCUT2D eigenvalue weighted by atomic mass is 10.1. The van der Waals surface area contributed by atoms with Crippen molar-refractivity contribution >= 4 is 6.03 Å². The van der Waals surface area contributed by atoms with Gasteiger partial charge in [-0.3, -0.25) is 0 Å². The van der Waals surface area contributed by atoms with E-state index in [1.807, 2.05) is 18.7 Å². The fourth-order valence-corrected chi connectivity index (χ4v) is 1.92. The van der Waals surface area contributed by atoms with E-state index in [9.17, 15) is 4.79 Å². The van der Waals surface area contributed by atoms with Crippen molar-refractivity contribution in [2.24, 2.45) is 0 Å². The summed E-state index contributed by atoms with van der Waals surface area (Å²) in [5, 5.41) is 2.91. The highest BCUT2D eigenvalue weighted by Gasteiger charge is 2.23. The van der Waals surface area contributed by atoms with Gasteiger partial charge in [-0.2, -0.15) is 0 Å². The molecule has 1 saturated heterocycles. The van der Waals surface area contributed by atoms with Gasteiger partial charge in [0.25, 0.3) is 0 Å². The number of ether oxygens (including phenoxy) is 1. The Kier molecular flexibility index (Phi) is 5.06. The van der Waals surface area contributed by atoms with Gasteiger partial charge in [0.2, 0.25) is 0 Å². The average Bonchev–Trinajstić information content (AvgIpc) is 2.16. The van der Waals surface area contributed by atoms with Crippen LogP contribution >= 0.6 is 0 Å². The van der Waals surface area contributed by atoms with Crippen molar-refractivity contribution in [2.45, 2.75) is 58.8 Å². The van der Waals surface area contributed by atoms with Crippen molar-refractivity contribution in [1.82, 2.24) is 10.2 Å². The number of carbonyl (C=O) groups excluding carboxylic acids is 1. The van der Waals surface area contributed by atoms with Crippen LogP contribution in [0.5, 0.6) is 0 Å². The van der Waals surface area contributed by atoms with Crippen LogP contribution in [0.4, 0.5) is 4.79 Å². The zero-order valence-corrected chi connectivity index (χ0v) is 10.8. The van der Waals surface area contributed by atoms with E-state index in [4.69, 9.17) is 4.74 Å². The van der Waals surface area contributed by atoms with Gasteiger partial charge in [0.05, 0.1) is 12.2 Å². The molecule has 1 aliphatic rings. The number of nitrogens with one attached hydrogen (secondary N) is 1. The molecule has 0 radical (unpaired) electrons. The number of rotatable bonds is 3. The Morgan fingerprint density at radius 3 is 2.25 bits per heavy atom. The molecule has 1 fully saturated rings. The molecule has 0 aromatic carbocycles. The Morgan fingerprint density at radius 2 is 1.81 bits per heavy atom. The van der Waals surface area contributed by atoms with Crippen molar-refractivity contribution in [1.29, 1.82) is 0 Å². The third kappa shape index (κ3) is 4.39. The molecule has 0 aromatic heterocycles. The first-order chi connectivity index (χ1) is 7.49. The van der Waals surface area contributed by atoms with Crippen molar-refractivity contribution in [3.05, 3.63) is 0 Å². The summed E-state index contributed by atoms with van der Waals surface area (Å²) in [6, 6.07) is 0.259. The fraction of sp³-hybridized carbons (Fsp3) is 0.917. The predicted octanol–water partition coefficient (Wildman–Crippen LogP) is 1.99. The Hall–Kier alpha value is -0.770. The van der Waals surface area contributed by atoms with E-state index in [0.29, 0.717) is 6.10 Å². The fourth-order valence-electron chi connectivity index (χ4n) is 1.92. The molecule has 2 amide bonds. The highest BCUT2D eigenvalue weighted by molar-refractivity contribution is 5.74. The lowest BCUT2D eigenvalue weighted by Gasteiger charge is -2.33. The number of amides is 2. The molecule has 0 atom stereocenters. The molecule has 1 N–H and O–H groups in total. The minimum Gasteiger partial charge on any atom is -0.375 e. The molecule has 1 aliphatic heterocycles. The quantitative estimate of drug-likeness (QED) is 0.802. The second kappa shape index (κ2) is 6.09. The van der Waals surface area contributed by atoms with Crippen LogP contribution in [-0.4, -0.2) is 42.3 Å². The summed E-state index contributed by atoms with van der Waals surface area (Å²) < 4.78 is 5.74. The van der Waals surface area contributed by atoms with Crippen molar-refractivity contribution in [3.8, 4) is 0 Å². The summed E-state index contributed by atoms with van der Waals surface area (Å²) in [5.74, 6) is 0. The summed E-state index contributed by atoms with van der Waals surface area (Å²) in [4.78, 5) is 13.6. The van der Waals surface area contributed by atoms with Gasteiger partial charge in [0, 0.05) is 19.1 Å². The molecule has 0 saturated carbocycles. The topological polar surface area (TPSA) is 41.6 Å². The summed E-state index contributed by atoms with van der Waals surface area (Å²) in [5.41, 5.74) is 0. The van der Waals surface area contributed by atoms with Crippen LogP contribution in [-0.2, 0) is 4.74 Å². The minimum absolute atomic E-state index is 0.0537. The van der Waals surface area contributed by atoms with Gasteiger partial charge in [-0.1, -0.05) is 0 Å². The Labute approximate surface area is 98.3 Å². The van der Waals surface area contributed by atoms with E-state index in [1.54, 1.807) is 0 Å². The number of urea groups is 1. The highest BCUT2D eigenvalue weighted by atomic mass is 16.5. The molecule has 4 heteroatoms. The van der Waals surface area contributed by atoms with Gasteiger partial charge in [-0.15, -0.1) is 0 Å². The van der Waals surface area contributed by atoms with Crippen molar-refractivity contribution in [2.75, 3.05) is 13.1 Å². The monoisotopic (exact) mass is 228 g/mol. The molecule has 1 heterocycles. The van der Waals surface area contributed by atoms with Gasteiger partial charge >= 0.3 is 6.03 Å². The van der Waals surface area contributed by atoms with E-state index < -0.39 is 0 Å². The zero-order chi connectivity index (χ0) is 12.1. The van der Waals surface area contributed by atoms with E-state index >= 15 is 0 Å². The smallest absolute Gasteiger partial charge is 0.317 e. The van der Waals surface area contributed by atoms with Gasteiger partial charge in [0.1, 0.15) is 0 Å². The zero-order valence-electron chi connectivity index (χ0n) is 10.8.